The normalized spacial score (nSPS) is 23.3. The predicted octanol–water partition coefficient (Wildman–Crippen LogP) is 5.25. The van der Waals surface area contributed by atoms with Gasteiger partial charge in [-0.2, -0.15) is 0 Å². The summed E-state index contributed by atoms with van der Waals surface area (Å²) in [6.07, 6.45) is -0.479. The lowest BCUT2D eigenvalue weighted by Gasteiger charge is -2.62. The van der Waals surface area contributed by atoms with Crippen molar-refractivity contribution in [3.63, 3.8) is 0 Å². The Balaban J connectivity index is 2.14. The quantitative estimate of drug-likeness (QED) is 0.751. The summed E-state index contributed by atoms with van der Waals surface area (Å²) >= 11 is 0. The van der Waals surface area contributed by atoms with E-state index < -0.39 is 11.7 Å². The highest BCUT2D eigenvalue weighted by atomic mass is 16.6. The maximum absolute atomic E-state index is 12.2. The van der Waals surface area contributed by atoms with Crippen molar-refractivity contribution in [3.8, 4) is 5.75 Å². The molecule has 1 aliphatic carbocycles. The smallest absolute Gasteiger partial charge is 0.407 e. The molecular weight excluding hydrogens is 328 g/mol. The number of carbonyl (C=O) groups excluding carboxylic acids is 1. The van der Waals surface area contributed by atoms with Crippen molar-refractivity contribution >= 4 is 11.8 Å². The van der Waals surface area contributed by atoms with Crippen LogP contribution in [0.2, 0.25) is 0 Å². The number of benzene rings is 1. The first-order chi connectivity index (χ1) is 11.8. The lowest BCUT2D eigenvalue weighted by Crippen LogP contribution is -2.74. The van der Waals surface area contributed by atoms with Crippen molar-refractivity contribution in [1.82, 2.24) is 5.32 Å². The molecule has 2 rings (SSSR count). The van der Waals surface area contributed by atoms with E-state index in [0.29, 0.717) is 5.69 Å². The molecular formula is C21H30N2O3. The molecule has 0 atom stereocenters. The van der Waals surface area contributed by atoms with Gasteiger partial charge in [-0.05, 0) is 45.4 Å². The molecule has 1 saturated carbocycles. The Labute approximate surface area is 156 Å². The molecule has 1 N–H and O–H groups in total. The minimum atomic E-state index is -0.528. The molecule has 0 unspecified atom stereocenters. The number of rotatable bonds is 3. The first kappa shape index (κ1) is 20.1. The van der Waals surface area contributed by atoms with Gasteiger partial charge in [0.1, 0.15) is 17.5 Å². The first-order valence-electron chi connectivity index (χ1n) is 8.93. The van der Waals surface area contributed by atoms with Crippen molar-refractivity contribution in [2.24, 2.45) is 10.8 Å². The molecule has 0 spiro atoms. The number of amides is 1. The van der Waals surface area contributed by atoms with Crippen LogP contribution in [0, 0.1) is 24.3 Å². The average molecular weight is 358 g/mol. The van der Waals surface area contributed by atoms with E-state index in [-0.39, 0.29) is 23.0 Å². The zero-order valence-electron chi connectivity index (χ0n) is 17.1. The highest BCUT2D eigenvalue weighted by Gasteiger charge is 2.64. The van der Waals surface area contributed by atoms with Crippen molar-refractivity contribution in [2.75, 3.05) is 0 Å². The molecule has 0 saturated heterocycles. The minimum Gasteiger partial charge on any atom is -0.489 e. The van der Waals surface area contributed by atoms with Crippen LogP contribution in [0.3, 0.4) is 0 Å². The zero-order chi connectivity index (χ0) is 19.9. The molecule has 1 aromatic carbocycles. The largest absolute Gasteiger partial charge is 0.489 e. The molecule has 0 bridgehead atoms. The van der Waals surface area contributed by atoms with E-state index in [1.807, 2.05) is 39.8 Å². The van der Waals surface area contributed by atoms with E-state index in [1.54, 1.807) is 6.07 Å². The maximum atomic E-state index is 12.2. The number of hydrogen-bond acceptors (Lipinski definition) is 3. The molecule has 0 radical (unpaired) electrons. The van der Waals surface area contributed by atoms with Gasteiger partial charge in [-0.1, -0.05) is 33.8 Å². The third kappa shape index (κ3) is 3.80. The van der Waals surface area contributed by atoms with Gasteiger partial charge in [0, 0.05) is 16.9 Å². The van der Waals surface area contributed by atoms with Crippen LogP contribution in [0.15, 0.2) is 18.2 Å². The van der Waals surface area contributed by atoms with Crippen LogP contribution in [-0.2, 0) is 4.74 Å². The van der Waals surface area contributed by atoms with Gasteiger partial charge in [0.2, 0.25) is 0 Å². The van der Waals surface area contributed by atoms with E-state index in [1.165, 1.54) is 0 Å². The second-order valence-corrected chi connectivity index (χ2v) is 9.28. The standard InChI is InChI=1S/C21H30N2O3/c1-13-12-14(10-11-15(13)22-9)25-17-20(5,6)16(21(17,7)8)23-18(24)26-19(2,3)4/h10-12,16-17H,1-8H3,(H,23,24). The van der Waals surface area contributed by atoms with Crippen LogP contribution in [0.5, 0.6) is 5.75 Å². The summed E-state index contributed by atoms with van der Waals surface area (Å²) in [5.74, 6) is 0.747. The highest BCUT2D eigenvalue weighted by molar-refractivity contribution is 5.68. The van der Waals surface area contributed by atoms with Gasteiger partial charge in [-0.25, -0.2) is 9.64 Å². The van der Waals surface area contributed by atoms with Gasteiger partial charge in [0.05, 0.1) is 6.57 Å². The van der Waals surface area contributed by atoms with E-state index in [0.717, 1.165) is 11.3 Å². The number of nitrogens with one attached hydrogen (secondary N) is 1. The Kier molecular flexibility index (Phi) is 5.02. The summed E-state index contributed by atoms with van der Waals surface area (Å²) in [4.78, 5) is 15.7. The Morgan fingerprint density at radius 1 is 1.19 bits per heavy atom. The number of hydrogen-bond donors (Lipinski definition) is 1. The topological polar surface area (TPSA) is 51.9 Å². The summed E-state index contributed by atoms with van der Waals surface area (Å²) in [6, 6.07) is 5.45. The van der Waals surface area contributed by atoms with Crippen LogP contribution in [0.25, 0.3) is 4.85 Å². The second-order valence-electron chi connectivity index (χ2n) is 9.28. The summed E-state index contributed by atoms with van der Waals surface area (Å²) in [6.45, 7) is 23.0. The van der Waals surface area contributed by atoms with Gasteiger partial charge < -0.3 is 14.8 Å². The van der Waals surface area contributed by atoms with Gasteiger partial charge in [0.25, 0.3) is 0 Å². The number of ether oxygens (including phenoxy) is 2. The molecule has 1 amide bonds. The monoisotopic (exact) mass is 358 g/mol. The van der Waals surface area contributed by atoms with E-state index >= 15 is 0 Å². The van der Waals surface area contributed by atoms with Gasteiger partial charge in [0.15, 0.2) is 5.69 Å². The molecule has 26 heavy (non-hydrogen) atoms. The zero-order valence-corrected chi connectivity index (χ0v) is 17.1. The second kappa shape index (κ2) is 6.50. The predicted molar refractivity (Wildman–Crippen MR) is 103 cm³/mol. The average Bonchev–Trinajstić information content (AvgIpc) is 2.48. The lowest BCUT2D eigenvalue weighted by atomic mass is 9.49. The van der Waals surface area contributed by atoms with Crippen molar-refractivity contribution in [2.45, 2.75) is 73.1 Å². The fraction of sp³-hybridized carbons (Fsp3) is 0.619. The first-order valence-corrected chi connectivity index (χ1v) is 8.93. The van der Waals surface area contributed by atoms with Crippen LogP contribution < -0.4 is 10.1 Å². The Morgan fingerprint density at radius 2 is 1.77 bits per heavy atom. The van der Waals surface area contributed by atoms with Crippen molar-refractivity contribution < 1.29 is 14.3 Å². The highest BCUT2D eigenvalue weighted by Crippen LogP contribution is 2.55. The van der Waals surface area contributed by atoms with Crippen LogP contribution in [0.4, 0.5) is 10.5 Å². The van der Waals surface area contributed by atoms with E-state index in [4.69, 9.17) is 16.0 Å². The van der Waals surface area contributed by atoms with Crippen LogP contribution in [-0.4, -0.2) is 23.8 Å². The minimum absolute atomic E-state index is 0.0709. The molecule has 5 heteroatoms. The third-order valence-electron chi connectivity index (χ3n) is 5.04. The molecule has 0 aromatic heterocycles. The van der Waals surface area contributed by atoms with Crippen LogP contribution >= 0.6 is 0 Å². The fourth-order valence-corrected chi connectivity index (χ4v) is 4.19. The molecule has 5 nitrogen and oxygen atoms in total. The number of aryl methyl sites for hydroxylation is 1. The summed E-state index contributed by atoms with van der Waals surface area (Å²) in [7, 11) is 0. The summed E-state index contributed by atoms with van der Waals surface area (Å²) < 4.78 is 11.7. The Bertz CT molecular complexity index is 723. The maximum Gasteiger partial charge on any atom is 0.407 e. The Morgan fingerprint density at radius 3 is 2.23 bits per heavy atom. The molecule has 0 aliphatic heterocycles. The molecule has 0 heterocycles. The van der Waals surface area contributed by atoms with Crippen LogP contribution in [0.1, 0.15) is 54.0 Å². The van der Waals surface area contributed by atoms with E-state index in [9.17, 15) is 4.79 Å². The SMILES string of the molecule is [C-]#[N+]c1ccc(OC2C(C)(C)C(NC(=O)OC(C)(C)C)C2(C)C)cc1C. The number of alkyl carbamates (subject to hydrolysis) is 1. The summed E-state index contributed by atoms with van der Waals surface area (Å²) in [5.41, 5.74) is 0.490. The number of nitrogens with zero attached hydrogens (tertiary/aromatic N) is 1. The molecule has 142 valence electrons. The van der Waals surface area contributed by atoms with E-state index in [2.05, 4.69) is 37.9 Å². The molecule has 1 fully saturated rings. The van der Waals surface area contributed by atoms with Gasteiger partial charge >= 0.3 is 6.09 Å². The van der Waals surface area contributed by atoms with Gasteiger partial charge in [-0.15, -0.1) is 0 Å². The summed E-state index contributed by atoms with van der Waals surface area (Å²) in [5, 5.41) is 3.02. The molecule has 1 aromatic rings. The van der Waals surface area contributed by atoms with Crippen molar-refractivity contribution in [3.05, 3.63) is 35.2 Å². The third-order valence-corrected chi connectivity index (χ3v) is 5.04. The van der Waals surface area contributed by atoms with Gasteiger partial charge in [-0.3, -0.25) is 0 Å². The fourth-order valence-electron chi connectivity index (χ4n) is 4.19. The lowest BCUT2D eigenvalue weighted by molar-refractivity contribution is -0.166. The number of carbonyl (C=O) groups is 1. The van der Waals surface area contributed by atoms with Crippen molar-refractivity contribution in [1.29, 1.82) is 0 Å². The molecule has 1 aliphatic rings. The Hall–Kier alpha value is -2.22.